The Bertz CT molecular complexity index is 535. The largest absolute Gasteiger partial charge is 0.490 e. The third kappa shape index (κ3) is 4.12. The molecule has 24 heavy (non-hydrogen) atoms. The van der Waals surface area contributed by atoms with Gasteiger partial charge in [-0.2, -0.15) is 0 Å². The fourth-order valence-corrected chi connectivity index (χ4v) is 2.82. The summed E-state index contributed by atoms with van der Waals surface area (Å²) in [4.78, 5) is 14.8. The van der Waals surface area contributed by atoms with Crippen molar-refractivity contribution in [2.75, 3.05) is 39.5 Å². The molecule has 0 aromatic heterocycles. The van der Waals surface area contributed by atoms with E-state index in [1.807, 2.05) is 32.6 Å². The Kier molecular flexibility index (Phi) is 6.73. The highest BCUT2D eigenvalue weighted by atomic mass is 16.5. The van der Waals surface area contributed by atoms with Crippen LogP contribution in [0.25, 0.3) is 0 Å². The molecular weight excluding hydrogens is 308 g/mol. The Morgan fingerprint density at radius 1 is 1.12 bits per heavy atom. The standard InChI is InChI=1S/C18H28N2O4/c1-5-22-15-10-14(11-16(23-6-2)17(15)24-7-3)18(21)20-9-8-19-12-13(20)4/h10-11,13,19H,5-9,12H2,1-4H3/t13-/m0/s1. The van der Waals surface area contributed by atoms with Crippen LogP contribution in [0.1, 0.15) is 38.1 Å². The van der Waals surface area contributed by atoms with Gasteiger partial charge in [-0.3, -0.25) is 4.79 Å². The van der Waals surface area contributed by atoms with Gasteiger partial charge in [-0.1, -0.05) is 0 Å². The van der Waals surface area contributed by atoms with Crippen molar-refractivity contribution < 1.29 is 19.0 Å². The van der Waals surface area contributed by atoms with E-state index < -0.39 is 0 Å². The quantitative estimate of drug-likeness (QED) is 0.828. The van der Waals surface area contributed by atoms with Gasteiger partial charge in [-0.25, -0.2) is 0 Å². The lowest BCUT2D eigenvalue weighted by atomic mass is 10.1. The lowest BCUT2D eigenvalue weighted by Gasteiger charge is -2.34. The average Bonchev–Trinajstić information content (AvgIpc) is 2.58. The van der Waals surface area contributed by atoms with Crippen molar-refractivity contribution in [3.8, 4) is 17.2 Å². The third-order valence-corrected chi connectivity index (χ3v) is 3.92. The van der Waals surface area contributed by atoms with Crippen molar-refractivity contribution in [2.24, 2.45) is 0 Å². The Morgan fingerprint density at radius 2 is 1.71 bits per heavy atom. The van der Waals surface area contributed by atoms with Crippen LogP contribution in [0.4, 0.5) is 0 Å². The summed E-state index contributed by atoms with van der Waals surface area (Å²) in [6, 6.07) is 3.67. The molecule has 1 heterocycles. The molecule has 1 aliphatic heterocycles. The first-order valence-electron chi connectivity index (χ1n) is 8.70. The van der Waals surface area contributed by atoms with Gasteiger partial charge in [0.25, 0.3) is 5.91 Å². The molecule has 0 radical (unpaired) electrons. The molecular formula is C18H28N2O4. The number of amides is 1. The van der Waals surface area contributed by atoms with Crippen LogP contribution in [0.15, 0.2) is 12.1 Å². The molecule has 6 heteroatoms. The molecule has 0 aliphatic carbocycles. The van der Waals surface area contributed by atoms with Crippen LogP contribution < -0.4 is 19.5 Å². The third-order valence-electron chi connectivity index (χ3n) is 3.92. The molecule has 0 spiro atoms. The van der Waals surface area contributed by atoms with E-state index in [0.29, 0.717) is 49.2 Å². The van der Waals surface area contributed by atoms with E-state index in [1.54, 1.807) is 12.1 Å². The fourth-order valence-electron chi connectivity index (χ4n) is 2.82. The number of carbonyl (C=O) groups is 1. The zero-order valence-corrected chi connectivity index (χ0v) is 15.1. The number of benzene rings is 1. The molecule has 1 saturated heterocycles. The number of nitrogens with one attached hydrogen (secondary N) is 1. The molecule has 2 rings (SSSR count). The predicted octanol–water partition coefficient (Wildman–Crippen LogP) is 2.32. The van der Waals surface area contributed by atoms with Gasteiger partial charge < -0.3 is 24.4 Å². The molecule has 0 bridgehead atoms. The van der Waals surface area contributed by atoms with E-state index in [0.717, 1.165) is 13.1 Å². The van der Waals surface area contributed by atoms with Gasteiger partial charge in [0.2, 0.25) is 5.75 Å². The summed E-state index contributed by atoms with van der Waals surface area (Å²) in [7, 11) is 0. The van der Waals surface area contributed by atoms with Gasteiger partial charge in [-0.05, 0) is 39.8 Å². The highest BCUT2D eigenvalue weighted by molar-refractivity contribution is 5.96. The van der Waals surface area contributed by atoms with Crippen LogP contribution in [-0.2, 0) is 0 Å². The summed E-state index contributed by atoms with van der Waals surface area (Å²) in [5.41, 5.74) is 0.569. The molecule has 1 fully saturated rings. The van der Waals surface area contributed by atoms with Crippen LogP contribution >= 0.6 is 0 Å². The molecule has 1 atom stereocenters. The first kappa shape index (κ1) is 18.4. The number of nitrogens with zero attached hydrogens (tertiary/aromatic N) is 1. The summed E-state index contributed by atoms with van der Waals surface area (Å²) in [6.45, 7) is 11.6. The summed E-state index contributed by atoms with van der Waals surface area (Å²) in [5, 5.41) is 3.30. The summed E-state index contributed by atoms with van der Waals surface area (Å²) < 4.78 is 17.1. The van der Waals surface area contributed by atoms with E-state index in [-0.39, 0.29) is 11.9 Å². The maximum Gasteiger partial charge on any atom is 0.254 e. The van der Waals surface area contributed by atoms with Crippen molar-refractivity contribution in [1.29, 1.82) is 0 Å². The maximum atomic E-state index is 12.9. The monoisotopic (exact) mass is 336 g/mol. The zero-order valence-electron chi connectivity index (χ0n) is 15.1. The van der Waals surface area contributed by atoms with Crippen LogP contribution in [-0.4, -0.2) is 56.3 Å². The SMILES string of the molecule is CCOc1cc(C(=O)N2CCNC[C@@H]2C)cc(OCC)c1OCC. The molecule has 134 valence electrons. The highest BCUT2D eigenvalue weighted by Gasteiger charge is 2.26. The van der Waals surface area contributed by atoms with Gasteiger partial charge in [-0.15, -0.1) is 0 Å². The molecule has 1 aromatic carbocycles. The molecule has 6 nitrogen and oxygen atoms in total. The van der Waals surface area contributed by atoms with Crippen molar-refractivity contribution in [3.63, 3.8) is 0 Å². The van der Waals surface area contributed by atoms with Crippen LogP contribution in [0, 0.1) is 0 Å². The lowest BCUT2D eigenvalue weighted by molar-refractivity contribution is 0.0654. The van der Waals surface area contributed by atoms with Crippen LogP contribution in [0.2, 0.25) is 0 Å². The van der Waals surface area contributed by atoms with Gasteiger partial charge in [0.05, 0.1) is 19.8 Å². The maximum absolute atomic E-state index is 12.9. The average molecular weight is 336 g/mol. The van der Waals surface area contributed by atoms with Crippen molar-refractivity contribution in [3.05, 3.63) is 17.7 Å². The summed E-state index contributed by atoms with van der Waals surface area (Å²) in [6.07, 6.45) is 0. The van der Waals surface area contributed by atoms with Crippen molar-refractivity contribution in [2.45, 2.75) is 33.7 Å². The number of hydrogen-bond acceptors (Lipinski definition) is 5. The second-order valence-electron chi connectivity index (χ2n) is 5.65. The predicted molar refractivity (Wildman–Crippen MR) is 93.3 cm³/mol. The van der Waals surface area contributed by atoms with Crippen LogP contribution in [0.5, 0.6) is 17.2 Å². The molecule has 1 N–H and O–H groups in total. The minimum Gasteiger partial charge on any atom is -0.490 e. The molecule has 0 saturated carbocycles. The second-order valence-corrected chi connectivity index (χ2v) is 5.65. The number of ether oxygens (including phenoxy) is 3. The van der Waals surface area contributed by atoms with E-state index in [2.05, 4.69) is 5.32 Å². The zero-order chi connectivity index (χ0) is 17.5. The van der Waals surface area contributed by atoms with E-state index >= 15 is 0 Å². The minimum atomic E-state index is -0.00560. The van der Waals surface area contributed by atoms with Gasteiger partial charge >= 0.3 is 0 Å². The summed E-state index contributed by atoms with van der Waals surface area (Å²) >= 11 is 0. The Balaban J connectivity index is 2.39. The molecule has 1 amide bonds. The molecule has 1 aliphatic rings. The first-order valence-corrected chi connectivity index (χ1v) is 8.70. The Morgan fingerprint density at radius 3 is 2.21 bits per heavy atom. The summed E-state index contributed by atoms with van der Waals surface area (Å²) in [5.74, 6) is 1.66. The normalized spacial score (nSPS) is 17.5. The van der Waals surface area contributed by atoms with E-state index in [4.69, 9.17) is 14.2 Å². The van der Waals surface area contributed by atoms with E-state index in [1.165, 1.54) is 0 Å². The lowest BCUT2D eigenvalue weighted by Crippen LogP contribution is -2.52. The Hall–Kier alpha value is -1.95. The number of carbonyl (C=O) groups excluding carboxylic acids is 1. The van der Waals surface area contributed by atoms with Crippen molar-refractivity contribution in [1.82, 2.24) is 10.2 Å². The fraction of sp³-hybridized carbons (Fsp3) is 0.611. The van der Waals surface area contributed by atoms with Gasteiger partial charge in [0.15, 0.2) is 11.5 Å². The van der Waals surface area contributed by atoms with Crippen molar-refractivity contribution >= 4 is 5.91 Å². The number of rotatable bonds is 7. The van der Waals surface area contributed by atoms with E-state index in [9.17, 15) is 4.79 Å². The Labute approximate surface area is 144 Å². The number of piperazine rings is 1. The second kappa shape index (κ2) is 8.78. The molecule has 1 aromatic rings. The van der Waals surface area contributed by atoms with Gasteiger partial charge in [0, 0.05) is 31.2 Å². The number of hydrogen-bond donors (Lipinski definition) is 1. The highest BCUT2D eigenvalue weighted by Crippen LogP contribution is 2.39. The van der Waals surface area contributed by atoms with Crippen LogP contribution in [0.3, 0.4) is 0 Å². The van der Waals surface area contributed by atoms with Gasteiger partial charge in [0.1, 0.15) is 0 Å². The first-order chi connectivity index (χ1) is 11.6. The smallest absolute Gasteiger partial charge is 0.254 e. The topological polar surface area (TPSA) is 60.0 Å². The molecule has 0 unspecified atom stereocenters. The minimum absolute atomic E-state index is 0.00560.